The molecule has 0 heterocycles. The third-order valence-corrected chi connectivity index (χ3v) is 24.2. The van der Waals surface area contributed by atoms with Gasteiger partial charge in [0.05, 0.1) is 26.4 Å². The Morgan fingerprint density at radius 2 is 0.405 bits per heavy atom. The minimum absolute atomic E-state index is 0.0994. The highest BCUT2D eigenvalue weighted by molar-refractivity contribution is 7.47. The van der Waals surface area contributed by atoms with Crippen LogP contribution in [0.25, 0.3) is 0 Å². The van der Waals surface area contributed by atoms with E-state index in [-0.39, 0.29) is 19.3 Å². The topological polar surface area (TPSA) is 231 Å². The summed E-state index contributed by atoms with van der Waals surface area (Å²) in [7, 11) is -9.82. The van der Waals surface area contributed by atoms with Crippen LogP contribution in [0.3, 0.4) is 0 Å². The first-order valence-corrected chi connectivity index (χ1v) is 55.7. The summed E-state index contributed by atoms with van der Waals surface area (Å²) >= 11 is 0. The van der Waals surface area contributed by atoms with Gasteiger partial charge in [-0.15, -0.1) is 0 Å². The minimum atomic E-state index is -4.95. The van der Waals surface area contributed by atoms with Crippen LogP contribution >= 0.6 is 15.6 Å². The third-order valence-electron chi connectivity index (χ3n) is 22.3. The summed E-state index contributed by atoms with van der Waals surface area (Å²) in [6.07, 6.45) is 139. The first-order chi connectivity index (χ1) is 64.2. The Bertz CT molecular complexity index is 3160. The van der Waals surface area contributed by atoms with Crippen molar-refractivity contribution in [3.05, 3.63) is 194 Å². The molecule has 0 saturated heterocycles. The summed E-state index contributed by atoms with van der Waals surface area (Å²) in [5.74, 6) is -1.56. The molecule has 0 aromatic carbocycles. The number of unbranched alkanes of at least 4 members (excludes halogenated alkanes) is 44. The fraction of sp³-hybridized carbons (Fsp3) is 0.690. The van der Waals surface area contributed by atoms with Crippen molar-refractivity contribution in [3.8, 4) is 0 Å². The molecule has 0 fully saturated rings. The van der Waals surface area contributed by atoms with Crippen LogP contribution < -0.4 is 0 Å². The summed E-state index contributed by atoms with van der Waals surface area (Å²) < 4.78 is 61.8. The van der Waals surface area contributed by atoms with Gasteiger partial charge < -0.3 is 34.2 Å². The van der Waals surface area contributed by atoms with Crippen molar-refractivity contribution in [3.63, 3.8) is 0 Å². The Hall–Kier alpha value is -5.61. The van der Waals surface area contributed by atoms with Crippen LogP contribution in [-0.4, -0.2) is 95.9 Å². The van der Waals surface area contributed by atoms with Crippen LogP contribution in [0.15, 0.2) is 194 Å². The largest absolute Gasteiger partial charge is 0.472 e. The summed E-state index contributed by atoms with van der Waals surface area (Å²) in [4.78, 5) is 59.3. The molecule has 4 N–H and O–H groups in total. The van der Waals surface area contributed by atoms with Gasteiger partial charge in [0, 0.05) is 19.3 Å². The van der Waals surface area contributed by atoms with Crippen LogP contribution in [-0.2, 0) is 55.8 Å². The Kier molecular flexibility index (Phi) is 98.9. The monoisotopic (exact) mass is 1870 g/mol. The van der Waals surface area contributed by atoms with E-state index < -0.39 is 91.5 Å². The predicted molar refractivity (Wildman–Crippen MR) is 555 cm³/mol. The average molecular weight is 1870 g/mol. The number of phosphoric ester groups is 2. The number of rotatable bonds is 99. The maximum Gasteiger partial charge on any atom is 0.472 e. The molecule has 18 heteroatoms. The van der Waals surface area contributed by atoms with Crippen LogP contribution in [0.2, 0.25) is 0 Å². The van der Waals surface area contributed by atoms with E-state index in [9.17, 15) is 43.5 Å². The molecule has 0 aromatic heterocycles. The number of aliphatic hydroxyl groups is 2. The van der Waals surface area contributed by atoms with Gasteiger partial charge in [-0.1, -0.05) is 453 Å². The van der Waals surface area contributed by atoms with Crippen LogP contribution in [0.5, 0.6) is 0 Å². The standard InChI is InChI=1S/C113H192O16P2/c1-4-7-10-13-16-19-22-25-28-31-34-37-40-43-46-49-51-53-55-58-60-63-66-69-72-75-78-81-84-87-90-93-96-99-111(116)123-102-108(114)103-125-130(119,120)126-104-109(115)105-127-131(121,122)128-107-110(129-113(118)101-98-95-92-89-86-83-80-77-74-71-68-65-62-57-48-45-42-39-36-33-30-27-24-21-18-15-12-9-6-3)106-124-112(117)100-97-94-91-88-85-82-79-76-73-70-67-64-61-59-56-54-52-50-47-44-41-38-35-32-29-26-23-20-17-14-11-8-5-2/h7-8,10-11,16-21,25-30,34-39,43-48,51-54,108-110,114-115H,4-6,9,12-15,22-24,31-33,40-42,49-50,55-107H2,1-3H3,(H,119,120)(H,121,122)/b10-7-,11-8-,19-16-,20-17-,21-18-,28-25-,29-26-,30-27-,37-34-,38-35-,39-36-,46-43-,47-44-,48-45-,53-51-,54-52-. The normalized spacial score (nSPS) is 14.4. The fourth-order valence-corrected chi connectivity index (χ4v) is 16.0. The minimum Gasteiger partial charge on any atom is -0.463 e. The van der Waals surface area contributed by atoms with Gasteiger partial charge in [-0.05, 0) is 167 Å². The van der Waals surface area contributed by atoms with Gasteiger partial charge in [-0.2, -0.15) is 0 Å². The van der Waals surface area contributed by atoms with E-state index in [1.165, 1.54) is 199 Å². The van der Waals surface area contributed by atoms with E-state index in [0.29, 0.717) is 19.3 Å². The Labute approximate surface area is 801 Å². The first kappa shape index (κ1) is 125. The number of esters is 3. The molecule has 0 radical (unpaired) electrons. The molecule has 0 aliphatic heterocycles. The van der Waals surface area contributed by atoms with Crippen LogP contribution in [0.1, 0.15) is 445 Å². The zero-order chi connectivity index (χ0) is 95.0. The van der Waals surface area contributed by atoms with Gasteiger partial charge in [0.2, 0.25) is 0 Å². The van der Waals surface area contributed by atoms with E-state index in [0.717, 1.165) is 186 Å². The van der Waals surface area contributed by atoms with E-state index in [1.54, 1.807) is 0 Å². The number of carbonyl (C=O) groups excluding carboxylic acids is 3. The Morgan fingerprint density at radius 1 is 0.221 bits per heavy atom. The molecule has 131 heavy (non-hydrogen) atoms. The number of phosphoric acid groups is 2. The number of hydrogen-bond donors (Lipinski definition) is 4. The lowest BCUT2D eigenvalue weighted by atomic mass is 10.0. The van der Waals surface area contributed by atoms with E-state index in [2.05, 4.69) is 215 Å². The molecule has 0 aromatic rings. The second-order valence-corrected chi connectivity index (χ2v) is 37.8. The average Bonchev–Trinajstić information content (AvgIpc) is 0.899. The van der Waals surface area contributed by atoms with Crippen LogP contribution in [0.4, 0.5) is 0 Å². The van der Waals surface area contributed by atoms with E-state index >= 15 is 0 Å². The van der Waals surface area contributed by atoms with Gasteiger partial charge in [-0.3, -0.25) is 32.5 Å². The molecular formula is C113H192O16P2. The van der Waals surface area contributed by atoms with Gasteiger partial charge >= 0.3 is 33.6 Å². The maximum absolute atomic E-state index is 13.1. The molecule has 0 bridgehead atoms. The second-order valence-electron chi connectivity index (χ2n) is 34.9. The zero-order valence-electron chi connectivity index (χ0n) is 83.2. The molecular weight excluding hydrogens is 1680 g/mol. The maximum atomic E-state index is 13.1. The highest BCUT2D eigenvalue weighted by atomic mass is 31.2. The molecule has 0 amide bonds. The van der Waals surface area contributed by atoms with Crippen molar-refractivity contribution in [1.29, 1.82) is 0 Å². The second kappa shape index (κ2) is 103. The molecule has 16 nitrogen and oxygen atoms in total. The molecule has 5 unspecified atom stereocenters. The summed E-state index contributed by atoms with van der Waals surface area (Å²) in [5, 5.41) is 20.8. The lowest BCUT2D eigenvalue weighted by Crippen LogP contribution is -2.30. The zero-order valence-corrected chi connectivity index (χ0v) is 85.0. The quantitative estimate of drug-likeness (QED) is 0.0146. The smallest absolute Gasteiger partial charge is 0.463 e. The van der Waals surface area contributed by atoms with Crippen molar-refractivity contribution in [2.75, 3.05) is 39.6 Å². The van der Waals surface area contributed by atoms with Crippen molar-refractivity contribution in [1.82, 2.24) is 0 Å². The van der Waals surface area contributed by atoms with Crippen molar-refractivity contribution < 1.29 is 75.8 Å². The SMILES string of the molecule is CC/C=C\C/C=C\C/C=C\C/C=C\C/C=C\C/C=C\CCCCCCCCCCCCCCCCC(=O)OCC(O)COP(=O)(O)OCC(O)COP(=O)(O)OCC(COC(=O)CCCCCCCCCCCCCCCC/C=C\C/C=C\C/C=C\C/C=C\C/C=C\C/C=C\CC)OC(=O)CCCCCCCCCCCCCCC/C=C\C/C=C\C/C=C\C/C=C\CCCCC. The van der Waals surface area contributed by atoms with E-state index in [1.807, 2.05) is 0 Å². The summed E-state index contributed by atoms with van der Waals surface area (Å²) in [6, 6.07) is 0. The third kappa shape index (κ3) is 105. The number of allylic oxidation sites excluding steroid dienone is 32. The summed E-state index contributed by atoms with van der Waals surface area (Å²) in [5.41, 5.74) is 0. The number of carbonyl (C=O) groups is 3. The van der Waals surface area contributed by atoms with Crippen LogP contribution in [0, 0.1) is 0 Å². The van der Waals surface area contributed by atoms with Gasteiger partial charge in [-0.25, -0.2) is 9.13 Å². The number of ether oxygens (including phenoxy) is 3. The van der Waals surface area contributed by atoms with Crippen molar-refractivity contribution in [2.45, 2.75) is 463 Å². The fourth-order valence-electron chi connectivity index (χ4n) is 14.4. The molecule has 0 saturated carbocycles. The highest BCUT2D eigenvalue weighted by Gasteiger charge is 2.30. The number of hydrogen-bond acceptors (Lipinski definition) is 14. The molecule has 0 spiro atoms. The molecule has 5 atom stereocenters. The Morgan fingerprint density at radius 3 is 0.641 bits per heavy atom. The molecule has 750 valence electrons. The lowest BCUT2D eigenvalue weighted by molar-refractivity contribution is -0.161. The van der Waals surface area contributed by atoms with Crippen molar-refractivity contribution in [2.24, 2.45) is 0 Å². The molecule has 0 aliphatic rings. The van der Waals surface area contributed by atoms with Crippen molar-refractivity contribution >= 4 is 33.6 Å². The number of aliphatic hydroxyl groups excluding tert-OH is 2. The van der Waals surface area contributed by atoms with Gasteiger partial charge in [0.15, 0.2) is 6.10 Å². The molecule has 0 rings (SSSR count). The first-order valence-electron chi connectivity index (χ1n) is 52.7. The predicted octanol–water partition coefficient (Wildman–Crippen LogP) is 33.7. The van der Waals surface area contributed by atoms with Gasteiger partial charge in [0.25, 0.3) is 0 Å². The lowest BCUT2D eigenvalue weighted by Gasteiger charge is -2.21. The summed E-state index contributed by atoms with van der Waals surface area (Å²) in [6.45, 7) is 2.50. The van der Waals surface area contributed by atoms with Gasteiger partial charge in [0.1, 0.15) is 25.4 Å². The van der Waals surface area contributed by atoms with E-state index in [4.69, 9.17) is 32.3 Å². The Balaban J connectivity index is 4.63. The highest BCUT2D eigenvalue weighted by Crippen LogP contribution is 2.45. The molecule has 0 aliphatic carbocycles.